The van der Waals surface area contributed by atoms with Crippen molar-refractivity contribution in [2.24, 2.45) is 5.92 Å². The Balaban J connectivity index is 1.29. The standard InChI is InChI=1S/C19H28N2O3/c22-19(20-13-18-7-4-12-23-18)14-21-10-8-16(9-11-21)15-24-17-5-2-1-3-6-17/h1-3,5-6,16,18H,4,7-15H2,(H,20,22). The van der Waals surface area contributed by atoms with Crippen LogP contribution in [0.3, 0.4) is 0 Å². The molecule has 2 saturated heterocycles. The highest BCUT2D eigenvalue weighted by Gasteiger charge is 2.22. The van der Waals surface area contributed by atoms with E-state index in [-0.39, 0.29) is 12.0 Å². The number of piperidine rings is 1. The van der Waals surface area contributed by atoms with Crippen molar-refractivity contribution in [3.8, 4) is 5.75 Å². The van der Waals surface area contributed by atoms with Gasteiger partial charge < -0.3 is 14.8 Å². The normalized spacial score (nSPS) is 22.4. The zero-order valence-corrected chi connectivity index (χ0v) is 14.3. The number of hydrogen-bond acceptors (Lipinski definition) is 4. The first-order chi connectivity index (χ1) is 11.8. The van der Waals surface area contributed by atoms with Crippen LogP contribution in [0.4, 0.5) is 0 Å². The van der Waals surface area contributed by atoms with Gasteiger partial charge in [-0.1, -0.05) is 18.2 Å². The first kappa shape index (κ1) is 17.2. The zero-order valence-electron chi connectivity index (χ0n) is 14.3. The Morgan fingerprint density at radius 2 is 2.00 bits per heavy atom. The SMILES string of the molecule is O=C(CN1CCC(COc2ccccc2)CC1)NCC1CCCO1. The fraction of sp³-hybridized carbons (Fsp3) is 0.632. The summed E-state index contributed by atoms with van der Waals surface area (Å²) >= 11 is 0. The third-order valence-corrected chi connectivity index (χ3v) is 4.85. The van der Waals surface area contributed by atoms with Crippen LogP contribution >= 0.6 is 0 Å². The molecule has 0 bridgehead atoms. The molecule has 1 aromatic carbocycles. The summed E-state index contributed by atoms with van der Waals surface area (Å²) in [6.07, 6.45) is 4.57. The molecule has 1 atom stereocenters. The molecule has 5 heteroatoms. The summed E-state index contributed by atoms with van der Waals surface area (Å²) in [7, 11) is 0. The van der Waals surface area contributed by atoms with Crippen molar-refractivity contribution in [1.29, 1.82) is 0 Å². The Bertz CT molecular complexity index is 495. The van der Waals surface area contributed by atoms with Crippen LogP contribution in [0.25, 0.3) is 0 Å². The van der Waals surface area contributed by atoms with Crippen molar-refractivity contribution in [2.75, 3.05) is 39.4 Å². The zero-order chi connectivity index (χ0) is 16.6. The number of carbonyl (C=O) groups is 1. The van der Waals surface area contributed by atoms with Gasteiger partial charge >= 0.3 is 0 Å². The van der Waals surface area contributed by atoms with Crippen LogP contribution in [0, 0.1) is 5.92 Å². The largest absolute Gasteiger partial charge is 0.493 e. The topological polar surface area (TPSA) is 50.8 Å². The van der Waals surface area contributed by atoms with E-state index in [1.165, 1.54) is 0 Å². The second-order valence-electron chi connectivity index (χ2n) is 6.78. The molecular weight excluding hydrogens is 304 g/mol. The lowest BCUT2D eigenvalue weighted by Gasteiger charge is -2.31. The Kier molecular flexibility index (Phi) is 6.49. The van der Waals surface area contributed by atoms with Gasteiger partial charge in [0.05, 0.1) is 19.3 Å². The molecule has 0 radical (unpaired) electrons. The molecule has 0 saturated carbocycles. The Labute approximate surface area is 144 Å². The summed E-state index contributed by atoms with van der Waals surface area (Å²) in [5, 5.41) is 3.00. The van der Waals surface area contributed by atoms with Crippen LogP contribution in [0.2, 0.25) is 0 Å². The van der Waals surface area contributed by atoms with E-state index in [0.717, 1.165) is 57.7 Å². The molecule has 1 aromatic rings. The number of amides is 1. The maximum atomic E-state index is 12.0. The van der Waals surface area contributed by atoms with Crippen molar-refractivity contribution in [3.63, 3.8) is 0 Å². The average molecular weight is 332 g/mol. The van der Waals surface area contributed by atoms with Crippen molar-refractivity contribution < 1.29 is 14.3 Å². The van der Waals surface area contributed by atoms with E-state index in [0.29, 0.717) is 19.0 Å². The lowest BCUT2D eigenvalue weighted by atomic mass is 9.98. The van der Waals surface area contributed by atoms with Gasteiger partial charge in [0.25, 0.3) is 0 Å². The summed E-state index contributed by atoms with van der Waals surface area (Å²) < 4.78 is 11.4. The highest BCUT2D eigenvalue weighted by Crippen LogP contribution is 2.19. The third-order valence-electron chi connectivity index (χ3n) is 4.85. The van der Waals surface area contributed by atoms with Crippen LogP contribution in [0.1, 0.15) is 25.7 Å². The molecule has 5 nitrogen and oxygen atoms in total. The highest BCUT2D eigenvalue weighted by molar-refractivity contribution is 5.78. The number of carbonyl (C=O) groups excluding carboxylic acids is 1. The van der Waals surface area contributed by atoms with Crippen LogP contribution < -0.4 is 10.1 Å². The van der Waals surface area contributed by atoms with Crippen molar-refractivity contribution in [3.05, 3.63) is 30.3 Å². The summed E-state index contributed by atoms with van der Waals surface area (Å²) in [6, 6.07) is 9.97. The van der Waals surface area contributed by atoms with E-state index in [1.807, 2.05) is 30.3 Å². The molecule has 24 heavy (non-hydrogen) atoms. The molecule has 2 fully saturated rings. The van der Waals surface area contributed by atoms with Crippen molar-refractivity contribution in [1.82, 2.24) is 10.2 Å². The minimum Gasteiger partial charge on any atom is -0.493 e. The molecular formula is C19H28N2O3. The monoisotopic (exact) mass is 332 g/mol. The number of nitrogens with one attached hydrogen (secondary N) is 1. The van der Waals surface area contributed by atoms with Crippen molar-refractivity contribution in [2.45, 2.75) is 31.8 Å². The van der Waals surface area contributed by atoms with Gasteiger partial charge in [0, 0.05) is 13.2 Å². The van der Waals surface area contributed by atoms with E-state index in [4.69, 9.17) is 9.47 Å². The number of benzene rings is 1. The Morgan fingerprint density at radius 3 is 2.71 bits per heavy atom. The fourth-order valence-electron chi connectivity index (χ4n) is 3.33. The van der Waals surface area contributed by atoms with Gasteiger partial charge in [-0.15, -0.1) is 0 Å². The Hall–Kier alpha value is -1.59. The molecule has 0 aromatic heterocycles. The van der Waals surface area contributed by atoms with Gasteiger partial charge in [-0.3, -0.25) is 9.69 Å². The molecule has 1 unspecified atom stereocenters. The molecule has 1 N–H and O–H groups in total. The number of rotatable bonds is 7. The summed E-state index contributed by atoms with van der Waals surface area (Å²) in [4.78, 5) is 14.3. The van der Waals surface area contributed by atoms with Gasteiger partial charge in [-0.2, -0.15) is 0 Å². The Morgan fingerprint density at radius 1 is 1.21 bits per heavy atom. The van der Waals surface area contributed by atoms with E-state index >= 15 is 0 Å². The van der Waals surface area contributed by atoms with E-state index < -0.39 is 0 Å². The lowest BCUT2D eigenvalue weighted by Crippen LogP contribution is -2.43. The molecule has 2 heterocycles. The first-order valence-corrected chi connectivity index (χ1v) is 9.08. The van der Waals surface area contributed by atoms with Gasteiger partial charge in [-0.25, -0.2) is 0 Å². The van der Waals surface area contributed by atoms with Crippen LogP contribution in [-0.2, 0) is 9.53 Å². The second kappa shape index (κ2) is 9.04. The molecule has 0 spiro atoms. The fourth-order valence-corrected chi connectivity index (χ4v) is 3.33. The van der Waals surface area contributed by atoms with Crippen LogP contribution in [0.15, 0.2) is 30.3 Å². The molecule has 3 rings (SSSR count). The minimum atomic E-state index is 0.115. The summed E-state index contributed by atoms with van der Waals surface area (Å²) in [5.41, 5.74) is 0. The molecule has 2 aliphatic rings. The summed E-state index contributed by atoms with van der Waals surface area (Å²) in [5.74, 6) is 1.63. The van der Waals surface area contributed by atoms with Gasteiger partial charge in [0.15, 0.2) is 0 Å². The predicted octanol–water partition coefficient (Wildman–Crippen LogP) is 2.07. The maximum Gasteiger partial charge on any atom is 0.234 e. The molecule has 2 aliphatic heterocycles. The highest BCUT2D eigenvalue weighted by atomic mass is 16.5. The summed E-state index contributed by atoms with van der Waals surface area (Å²) in [6.45, 7) is 4.69. The molecule has 132 valence electrons. The van der Waals surface area contributed by atoms with E-state index in [1.54, 1.807) is 0 Å². The van der Waals surface area contributed by atoms with Gasteiger partial charge in [0.1, 0.15) is 5.75 Å². The van der Waals surface area contributed by atoms with Crippen molar-refractivity contribution >= 4 is 5.91 Å². The molecule has 1 amide bonds. The first-order valence-electron chi connectivity index (χ1n) is 9.08. The van der Waals surface area contributed by atoms with E-state index in [2.05, 4.69) is 10.2 Å². The predicted molar refractivity (Wildman–Crippen MR) is 93.1 cm³/mol. The second-order valence-corrected chi connectivity index (χ2v) is 6.78. The van der Waals surface area contributed by atoms with Gasteiger partial charge in [-0.05, 0) is 56.8 Å². The lowest BCUT2D eigenvalue weighted by molar-refractivity contribution is -0.123. The average Bonchev–Trinajstić information content (AvgIpc) is 3.14. The third kappa shape index (κ3) is 5.49. The van der Waals surface area contributed by atoms with Crippen LogP contribution in [0.5, 0.6) is 5.75 Å². The maximum absolute atomic E-state index is 12.0. The number of para-hydroxylation sites is 1. The number of hydrogen-bond donors (Lipinski definition) is 1. The number of ether oxygens (including phenoxy) is 2. The quantitative estimate of drug-likeness (QED) is 0.830. The van der Waals surface area contributed by atoms with Gasteiger partial charge in [0.2, 0.25) is 5.91 Å². The number of nitrogens with zero attached hydrogens (tertiary/aromatic N) is 1. The number of likely N-dealkylation sites (tertiary alicyclic amines) is 1. The smallest absolute Gasteiger partial charge is 0.234 e. The minimum absolute atomic E-state index is 0.115. The van der Waals surface area contributed by atoms with E-state index in [9.17, 15) is 4.79 Å². The molecule has 0 aliphatic carbocycles. The van der Waals surface area contributed by atoms with Crippen LogP contribution in [-0.4, -0.2) is 56.3 Å².